The lowest BCUT2D eigenvalue weighted by atomic mass is 9.99. The molecule has 0 spiro atoms. The van der Waals surface area contributed by atoms with E-state index in [4.69, 9.17) is 14.2 Å². The number of hydrogen-bond acceptors (Lipinski definition) is 6. The van der Waals surface area contributed by atoms with Crippen LogP contribution in [-0.2, 0) is 16.0 Å². The number of esters is 1. The van der Waals surface area contributed by atoms with Gasteiger partial charge in [0.2, 0.25) is 5.88 Å². The molecule has 0 amide bonds. The van der Waals surface area contributed by atoms with Crippen molar-refractivity contribution in [1.82, 2.24) is 9.78 Å². The van der Waals surface area contributed by atoms with Gasteiger partial charge < -0.3 is 14.2 Å². The Bertz CT molecular complexity index is 592. The predicted molar refractivity (Wildman–Crippen MR) is 86.0 cm³/mol. The molecule has 7 heteroatoms. The lowest BCUT2D eigenvalue weighted by Crippen LogP contribution is -2.36. The molecule has 0 bridgehead atoms. The van der Waals surface area contributed by atoms with E-state index in [9.17, 15) is 4.79 Å². The molecule has 0 aromatic carbocycles. The minimum Gasteiger partial charge on any atom is -0.477 e. The van der Waals surface area contributed by atoms with Gasteiger partial charge in [-0.05, 0) is 27.2 Å². The molecule has 0 fully saturated rings. The molecule has 1 aromatic rings. The summed E-state index contributed by atoms with van der Waals surface area (Å²) in [6.45, 7) is 10.9. The van der Waals surface area contributed by atoms with Crippen LogP contribution in [0.3, 0.4) is 0 Å². The Morgan fingerprint density at radius 3 is 2.74 bits per heavy atom. The van der Waals surface area contributed by atoms with Crippen molar-refractivity contribution in [2.24, 2.45) is 4.99 Å². The van der Waals surface area contributed by atoms with E-state index in [1.165, 1.54) is 6.20 Å². The van der Waals surface area contributed by atoms with Crippen molar-refractivity contribution in [1.29, 1.82) is 0 Å². The Labute approximate surface area is 136 Å². The Balaban J connectivity index is 2.23. The first-order valence-electron chi connectivity index (χ1n) is 7.97. The van der Waals surface area contributed by atoms with Gasteiger partial charge in [0, 0.05) is 6.92 Å². The van der Waals surface area contributed by atoms with Crippen LogP contribution in [0.1, 0.15) is 51.4 Å². The molecule has 0 saturated carbocycles. The van der Waals surface area contributed by atoms with Crippen LogP contribution in [0.4, 0.5) is 0 Å². The zero-order valence-electron chi connectivity index (χ0n) is 14.5. The minimum atomic E-state index is -0.427. The summed E-state index contributed by atoms with van der Waals surface area (Å²) in [5.74, 6) is 0.659. The second-order valence-corrected chi connectivity index (χ2v) is 6.01. The third kappa shape index (κ3) is 3.83. The van der Waals surface area contributed by atoms with Crippen LogP contribution in [0.15, 0.2) is 11.2 Å². The first kappa shape index (κ1) is 17.3. The standard InChI is InChI=1S/C16H25N3O4/c1-6-8-22-14-12(15(20)21-7-2)9-17-19(14)10-13-16(4,5)18-11(3)23-13/h9,13H,6-8,10H2,1-5H3. The summed E-state index contributed by atoms with van der Waals surface area (Å²) >= 11 is 0. The summed E-state index contributed by atoms with van der Waals surface area (Å²) in [4.78, 5) is 16.5. The third-order valence-electron chi connectivity index (χ3n) is 3.61. The van der Waals surface area contributed by atoms with Crippen LogP contribution < -0.4 is 4.74 Å². The molecular weight excluding hydrogens is 298 g/mol. The molecule has 128 valence electrons. The smallest absolute Gasteiger partial charge is 0.345 e. The van der Waals surface area contributed by atoms with Gasteiger partial charge in [0.05, 0.1) is 31.5 Å². The Morgan fingerprint density at radius 2 is 2.17 bits per heavy atom. The molecule has 7 nitrogen and oxygen atoms in total. The number of carbonyl (C=O) groups is 1. The number of nitrogens with zero attached hydrogens (tertiary/aromatic N) is 3. The number of aliphatic imine (C=N–C) groups is 1. The summed E-state index contributed by atoms with van der Waals surface area (Å²) in [5.41, 5.74) is -0.00366. The van der Waals surface area contributed by atoms with E-state index in [1.807, 2.05) is 27.7 Å². The quantitative estimate of drug-likeness (QED) is 0.721. The van der Waals surface area contributed by atoms with Crippen LogP contribution >= 0.6 is 0 Å². The van der Waals surface area contributed by atoms with E-state index in [0.29, 0.717) is 37.1 Å². The van der Waals surface area contributed by atoms with Crippen LogP contribution in [0.5, 0.6) is 5.88 Å². The van der Waals surface area contributed by atoms with Gasteiger partial charge in [-0.3, -0.25) is 0 Å². The molecule has 1 atom stereocenters. The van der Waals surface area contributed by atoms with E-state index >= 15 is 0 Å². The number of hydrogen-bond donors (Lipinski definition) is 0. The molecule has 0 radical (unpaired) electrons. The highest BCUT2D eigenvalue weighted by Crippen LogP contribution is 2.28. The van der Waals surface area contributed by atoms with Gasteiger partial charge in [-0.2, -0.15) is 5.10 Å². The zero-order valence-corrected chi connectivity index (χ0v) is 14.5. The van der Waals surface area contributed by atoms with Crippen molar-refractivity contribution in [2.75, 3.05) is 13.2 Å². The van der Waals surface area contributed by atoms with E-state index in [2.05, 4.69) is 10.1 Å². The number of aromatic nitrogens is 2. The first-order valence-corrected chi connectivity index (χ1v) is 7.97. The summed E-state index contributed by atoms with van der Waals surface area (Å²) in [5, 5.41) is 4.29. The second kappa shape index (κ2) is 7.02. The summed E-state index contributed by atoms with van der Waals surface area (Å²) < 4.78 is 18.2. The number of carbonyl (C=O) groups excluding carboxylic acids is 1. The van der Waals surface area contributed by atoms with Crippen molar-refractivity contribution < 1.29 is 19.0 Å². The average Bonchev–Trinajstić information content (AvgIpc) is 2.97. The molecule has 2 rings (SSSR count). The molecule has 0 N–H and O–H groups in total. The first-order chi connectivity index (χ1) is 10.9. The molecule has 0 aliphatic carbocycles. The lowest BCUT2D eigenvalue weighted by Gasteiger charge is -2.23. The SMILES string of the molecule is CCCOc1c(C(=O)OCC)cnn1CC1OC(C)=NC1(C)C. The van der Waals surface area contributed by atoms with E-state index < -0.39 is 5.97 Å². The molecule has 1 unspecified atom stereocenters. The number of rotatable bonds is 7. The highest BCUT2D eigenvalue weighted by molar-refractivity contribution is 5.91. The lowest BCUT2D eigenvalue weighted by molar-refractivity contribution is 0.0520. The Kier molecular flexibility index (Phi) is 5.28. The van der Waals surface area contributed by atoms with Crippen molar-refractivity contribution in [3.63, 3.8) is 0 Å². The van der Waals surface area contributed by atoms with Crippen LogP contribution in [0.25, 0.3) is 0 Å². The van der Waals surface area contributed by atoms with Gasteiger partial charge in [-0.15, -0.1) is 0 Å². The normalized spacial score (nSPS) is 19.2. The van der Waals surface area contributed by atoms with Crippen LogP contribution in [0, 0.1) is 0 Å². The van der Waals surface area contributed by atoms with Gasteiger partial charge in [0.25, 0.3) is 0 Å². The highest BCUT2D eigenvalue weighted by atomic mass is 16.5. The predicted octanol–water partition coefficient (Wildman–Crippen LogP) is 2.44. The van der Waals surface area contributed by atoms with Crippen LogP contribution in [-0.4, -0.2) is 46.5 Å². The minimum absolute atomic E-state index is 0.165. The Hall–Kier alpha value is -2.05. The second-order valence-electron chi connectivity index (χ2n) is 6.01. The largest absolute Gasteiger partial charge is 0.477 e. The molecule has 0 saturated heterocycles. The van der Waals surface area contributed by atoms with Crippen molar-refractivity contribution in [2.45, 2.75) is 59.2 Å². The van der Waals surface area contributed by atoms with Gasteiger partial charge in [0.15, 0.2) is 5.90 Å². The molecule has 1 aliphatic heterocycles. The molecule has 2 heterocycles. The molecular formula is C16H25N3O4. The van der Waals surface area contributed by atoms with Crippen molar-refractivity contribution >= 4 is 11.9 Å². The van der Waals surface area contributed by atoms with E-state index in [-0.39, 0.29) is 11.6 Å². The van der Waals surface area contributed by atoms with E-state index in [1.54, 1.807) is 11.6 Å². The summed E-state index contributed by atoms with van der Waals surface area (Å²) in [6.07, 6.45) is 2.15. The Morgan fingerprint density at radius 1 is 1.43 bits per heavy atom. The number of ether oxygens (including phenoxy) is 3. The fourth-order valence-corrected chi connectivity index (χ4v) is 2.48. The maximum absolute atomic E-state index is 12.0. The summed E-state index contributed by atoms with van der Waals surface area (Å²) in [7, 11) is 0. The van der Waals surface area contributed by atoms with Gasteiger partial charge >= 0.3 is 5.97 Å². The third-order valence-corrected chi connectivity index (χ3v) is 3.61. The van der Waals surface area contributed by atoms with Gasteiger partial charge in [-0.25, -0.2) is 14.5 Å². The maximum Gasteiger partial charge on any atom is 0.345 e. The summed E-state index contributed by atoms with van der Waals surface area (Å²) in [6, 6.07) is 0. The van der Waals surface area contributed by atoms with Crippen molar-refractivity contribution in [3.8, 4) is 5.88 Å². The van der Waals surface area contributed by atoms with Gasteiger partial charge in [0.1, 0.15) is 11.7 Å². The highest BCUT2D eigenvalue weighted by Gasteiger charge is 2.38. The fourth-order valence-electron chi connectivity index (χ4n) is 2.48. The molecule has 1 aromatic heterocycles. The molecule has 23 heavy (non-hydrogen) atoms. The van der Waals surface area contributed by atoms with Crippen molar-refractivity contribution in [3.05, 3.63) is 11.8 Å². The average molecular weight is 323 g/mol. The molecule has 1 aliphatic rings. The topological polar surface area (TPSA) is 74.9 Å². The maximum atomic E-state index is 12.0. The fraction of sp³-hybridized carbons (Fsp3) is 0.688. The van der Waals surface area contributed by atoms with Gasteiger partial charge in [-0.1, -0.05) is 6.92 Å². The zero-order chi connectivity index (χ0) is 17.0. The van der Waals surface area contributed by atoms with Crippen LogP contribution in [0.2, 0.25) is 0 Å². The van der Waals surface area contributed by atoms with E-state index in [0.717, 1.165) is 6.42 Å². The monoisotopic (exact) mass is 323 g/mol.